The maximum Gasteiger partial charge on any atom is 0.136 e. The van der Waals surface area contributed by atoms with Crippen molar-refractivity contribution < 1.29 is 4.42 Å². The number of fused-ring (bicyclic) bond motifs is 11. The van der Waals surface area contributed by atoms with Gasteiger partial charge in [0.1, 0.15) is 11.2 Å². The summed E-state index contributed by atoms with van der Waals surface area (Å²) in [5.74, 6) is 0. The van der Waals surface area contributed by atoms with Crippen molar-refractivity contribution in [3.05, 3.63) is 214 Å². The van der Waals surface area contributed by atoms with Gasteiger partial charge >= 0.3 is 0 Å². The molecule has 61 heavy (non-hydrogen) atoms. The van der Waals surface area contributed by atoms with Crippen molar-refractivity contribution in [3.8, 4) is 33.4 Å². The van der Waals surface area contributed by atoms with Gasteiger partial charge < -0.3 is 4.42 Å². The summed E-state index contributed by atoms with van der Waals surface area (Å²) in [6.07, 6.45) is 0. The molecule has 1 nitrogen and oxygen atoms in total. The SMILES string of the molecule is Brc1ccc2oc3cc4c5ccccc5c5cc6ccccc6cc5c4cc3c2c1.Cc1ccc(Br)cc1-c1cc(-c2cc3ccccc3cc2-c2ccccc2)ccc1C. The van der Waals surface area contributed by atoms with E-state index in [0.717, 1.165) is 30.9 Å². The minimum Gasteiger partial charge on any atom is -0.456 e. The Morgan fingerprint density at radius 2 is 0.770 bits per heavy atom. The first kappa shape index (κ1) is 37.5. The van der Waals surface area contributed by atoms with Gasteiger partial charge in [0.15, 0.2) is 0 Å². The molecule has 0 atom stereocenters. The van der Waals surface area contributed by atoms with Crippen molar-refractivity contribution >= 4 is 108 Å². The summed E-state index contributed by atoms with van der Waals surface area (Å²) in [6.45, 7) is 4.37. The summed E-state index contributed by atoms with van der Waals surface area (Å²) in [4.78, 5) is 0. The molecule has 12 rings (SSSR count). The molecule has 0 unspecified atom stereocenters. The van der Waals surface area contributed by atoms with E-state index < -0.39 is 0 Å². The third kappa shape index (κ3) is 6.70. The van der Waals surface area contributed by atoms with Gasteiger partial charge in [0, 0.05) is 19.7 Å². The minimum absolute atomic E-state index is 0.919. The van der Waals surface area contributed by atoms with Gasteiger partial charge in [-0.15, -0.1) is 0 Å². The highest BCUT2D eigenvalue weighted by molar-refractivity contribution is 9.10. The van der Waals surface area contributed by atoms with E-state index in [9.17, 15) is 0 Å². The van der Waals surface area contributed by atoms with Crippen LogP contribution in [0.1, 0.15) is 11.1 Å². The predicted molar refractivity (Wildman–Crippen MR) is 269 cm³/mol. The molecule has 12 aromatic rings. The molecule has 0 bridgehead atoms. The lowest BCUT2D eigenvalue weighted by atomic mass is 9.88. The summed E-state index contributed by atoms with van der Waals surface area (Å²) in [6, 6.07) is 70.0. The van der Waals surface area contributed by atoms with Crippen LogP contribution in [-0.4, -0.2) is 0 Å². The fraction of sp³-hybridized carbons (Fsp3) is 0.0345. The molecule has 3 heteroatoms. The molecular formula is C58H38Br2O. The summed E-state index contributed by atoms with van der Waals surface area (Å²) < 4.78 is 8.39. The minimum atomic E-state index is 0.919. The Hall–Kier alpha value is -6.52. The van der Waals surface area contributed by atoms with E-state index >= 15 is 0 Å². The topological polar surface area (TPSA) is 13.1 Å². The molecule has 0 N–H and O–H groups in total. The first-order valence-electron chi connectivity index (χ1n) is 20.6. The molecule has 0 spiro atoms. The summed E-state index contributed by atoms with van der Waals surface area (Å²) >= 11 is 7.26. The van der Waals surface area contributed by atoms with Gasteiger partial charge in [-0.25, -0.2) is 0 Å². The van der Waals surface area contributed by atoms with Crippen LogP contribution in [0, 0.1) is 13.8 Å². The monoisotopic (exact) mass is 908 g/mol. The number of halogens is 2. The molecular weight excluding hydrogens is 872 g/mol. The molecule has 1 aromatic heterocycles. The van der Waals surface area contributed by atoms with E-state index in [1.54, 1.807) is 0 Å². The summed E-state index contributed by atoms with van der Waals surface area (Å²) in [7, 11) is 0. The second kappa shape index (κ2) is 15.2. The van der Waals surface area contributed by atoms with Gasteiger partial charge in [0.05, 0.1) is 0 Å². The highest BCUT2D eigenvalue weighted by Gasteiger charge is 2.16. The standard InChI is InChI=1S/C30H23Br.C28H15BrO/c1-20-12-14-25(18-27(20)28-19-26(31)15-13-21(28)2)30-17-24-11-7-6-10-23(24)16-29(30)22-8-4-3-5-9-22;29-18-9-10-27-25(13-18)26-14-23-22-12-17-6-2-1-5-16(17)11-21(22)19-7-3-4-8-20(19)24(23)15-28(26)30-27/h3-19H,1-2H3;1-15H. The Balaban J connectivity index is 0.000000138. The number of rotatable bonds is 3. The molecule has 0 saturated carbocycles. The van der Waals surface area contributed by atoms with Crippen molar-refractivity contribution in [1.29, 1.82) is 0 Å². The Bertz CT molecular complexity index is 3690. The first-order chi connectivity index (χ1) is 29.9. The number of hydrogen-bond acceptors (Lipinski definition) is 1. The van der Waals surface area contributed by atoms with Gasteiger partial charge in [0.25, 0.3) is 0 Å². The number of benzene rings is 11. The lowest BCUT2D eigenvalue weighted by molar-refractivity contribution is 0.669. The van der Waals surface area contributed by atoms with Crippen LogP contribution in [0.4, 0.5) is 0 Å². The van der Waals surface area contributed by atoms with Gasteiger partial charge in [-0.3, -0.25) is 0 Å². The smallest absolute Gasteiger partial charge is 0.136 e. The highest BCUT2D eigenvalue weighted by atomic mass is 79.9. The molecule has 1 heterocycles. The molecule has 0 fully saturated rings. The van der Waals surface area contributed by atoms with Gasteiger partial charge in [-0.2, -0.15) is 0 Å². The summed E-state index contributed by atoms with van der Waals surface area (Å²) in [5.41, 5.74) is 12.0. The first-order valence-corrected chi connectivity index (χ1v) is 22.2. The van der Waals surface area contributed by atoms with Gasteiger partial charge in [0.2, 0.25) is 0 Å². The zero-order valence-electron chi connectivity index (χ0n) is 33.6. The molecule has 11 aromatic carbocycles. The highest BCUT2D eigenvalue weighted by Crippen LogP contribution is 2.42. The number of aryl methyl sites for hydroxylation is 2. The number of furan rings is 1. The van der Waals surface area contributed by atoms with E-state index in [-0.39, 0.29) is 0 Å². The van der Waals surface area contributed by atoms with Crippen LogP contribution in [0.15, 0.2) is 207 Å². The van der Waals surface area contributed by atoms with Crippen molar-refractivity contribution in [2.75, 3.05) is 0 Å². The van der Waals surface area contributed by atoms with Crippen LogP contribution in [-0.2, 0) is 0 Å². The van der Waals surface area contributed by atoms with Crippen LogP contribution in [0.5, 0.6) is 0 Å². The lowest BCUT2D eigenvalue weighted by Crippen LogP contribution is -1.91. The predicted octanol–water partition coefficient (Wildman–Crippen LogP) is 18.2. The second-order valence-electron chi connectivity index (χ2n) is 16.0. The fourth-order valence-corrected chi connectivity index (χ4v) is 9.90. The van der Waals surface area contributed by atoms with Crippen molar-refractivity contribution in [1.82, 2.24) is 0 Å². The van der Waals surface area contributed by atoms with Crippen LogP contribution >= 0.6 is 31.9 Å². The zero-order chi connectivity index (χ0) is 41.2. The average molecular weight is 911 g/mol. The van der Waals surface area contributed by atoms with Crippen molar-refractivity contribution in [2.24, 2.45) is 0 Å². The van der Waals surface area contributed by atoms with Gasteiger partial charge in [-0.1, -0.05) is 153 Å². The average Bonchev–Trinajstić information content (AvgIpc) is 3.65. The molecule has 0 saturated heterocycles. The van der Waals surface area contributed by atoms with Crippen LogP contribution < -0.4 is 0 Å². The molecule has 0 amide bonds. The Kier molecular flexibility index (Phi) is 9.33. The Morgan fingerprint density at radius 1 is 0.295 bits per heavy atom. The molecule has 0 radical (unpaired) electrons. The third-order valence-corrected chi connectivity index (χ3v) is 13.3. The van der Waals surface area contributed by atoms with Crippen molar-refractivity contribution in [3.63, 3.8) is 0 Å². The Morgan fingerprint density at radius 3 is 1.44 bits per heavy atom. The second-order valence-corrected chi connectivity index (χ2v) is 17.9. The molecule has 0 aliphatic heterocycles. The number of hydrogen-bond donors (Lipinski definition) is 0. The Labute approximate surface area is 371 Å². The molecule has 0 aliphatic carbocycles. The van der Waals surface area contributed by atoms with E-state index in [4.69, 9.17) is 4.42 Å². The van der Waals surface area contributed by atoms with Gasteiger partial charge in [-0.05, 0) is 185 Å². The quantitative estimate of drug-likeness (QED) is 0.127. The molecule has 0 aliphatic rings. The molecule has 290 valence electrons. The van der Waals surface area contributed by atoms with E-state index in [1.165, 1.54) is 98.4 Å². The zero-order valence-corrected chi connectivity index (χ0v) is 36.8. The van der Waals surface area contributed by atoms with Crippen LogP contribution in [0.3, 0.4) is 0 Å². The third-order valence-electron chi connectivity index (χ3n) is 12.3. The maximum atomic E-state index is 6.23. The van der Waals surface area contributed by atoms with E-state index in [2.05, 4.69) is 228 Å². The summed E-state index contributed by atoms with van der Waals surface area (Å²) in [5, 5.41) is 15.0. The normalized spacial score (nSPS) is 11.6. The largest absolute Gasteiger partial charge is 0.456 e. The van der Waals surface area contributed by atoms with E-state index in [1.807, 2.05) is 12.1 Å². The fourth-order valence-electron chi connectivity index (χ4n) is 9.18. The van der Waals surface area contributed by atoms with Crippen LogP contribution in [0.2, 0.25) is 0 Å². The van der Waals surface area contributed by atoms with Crippen LogP contribution in [0.25, 0.3) is 109 Å². The lowest BCUT2D eigenvalue weighted by Gasteiger charge is -2.16. The maximum absolute atomic E-state index is 6.23. The van der Waals surface area contributed by atoms with E-state index in [0.29, 0.717) is 0 Å². The van der Waals surface area contributed by atoms with Crippen molar-refractivity contribution in [2.45, 2.75) is 13.8 Å².